The number of para-hydroxylation sites is 1. The number of anilines is 1. The van der Waals surface area contributed by atoms with Gasteiger partial charge in [0.2, 0.25) is 10.0 Å². The number of sulfonamides is 1. The van der Waals surface area contributed by atoms with Gasteiger partial charge in [-0.05, 0) is 30.3 Å². The molecule has 2 heterocycles. The van der Waals surface area contributed by atoms with E-state index < -0.39 is 15.6 Å². The fraction of sp³-hybridized carbons (Fsp3) is 0.238. The predicted molar refractivity (Wildman–Crippen MR) is 124 cm³/mol. The van der Waals surface area contributed by atoms with Gasteiger partial charge in [-0.1, -0.05) is 41.4 Å². The molecular formula is C21H20Cl2N4O4S. The fourth-order valence-corrected chi connectivity index (χ4v) is 5.54. The lowest BCUT2D eigenvalue weighted by molar-refractivity contribution is 0.384. The molecule has 1 aliphatic rings. The molecule has 2 aromatic carbocycles. The van der Waals surface area contributed by atoms with Crippen LogP contribution in [0.5, 0.6) is 5.75 Å². The molecule has 0 spiro atoms. The minimum Gasteiger partial charge on any atom is -0.495 e. The van der Waals surface area contributed by atoms with Crippen molar-refractivity contribution < 1.29 is 13.2 Å². The van der Waals surface area contributed by atoms with Gasteiger partial charge in [-0.3, -0.25) is 4.79 Å². The van der Waals surface area contributed by atoms with Crippen molar-refractivity contribution in [3.63, 3.8) is 0 Å². The average Bonchev–Trinajstić information content (AvgIpc) is 2.81. The van der Waals surface area contributed by atoms with Crippen molar-refractivity contribution in [1.29, 1.82) is 0 Å². The van der Waals surface area contributed by atoms with Gasteiger partial charge in [0.25, 0.3) is 5.56 Å². The molecule has 0 N–H and O–H groups in total. The third-order valence-corrected chi connectivity index (χ3v) is 7.79. The van der Waals surface area contributed by atoms with Crippen LogP contribution in [0.15, 0.2) is 64.4 Å². The second-order valence-electron chi connectivity index (χ2n) is 7.08. The Kier molecular flexibility index (Phi) is 6.43. The van der Waals surface area contributed by atoms with Crippen LogP contribution in [-0.4, -0.2) is 55.8 Å². The third kappa shape index (κ3) is 4.21. The molecule has 0 bridgehead atoms. The van der Waals surface area contributed by atoms with Gasteiger partial charge in [-0.25, -0.2) is 8.42 Å². The van der Waals surface area contributed by atoms with Crippen LogP contribution in [0.2, 0.25) is 10.0 Å². The van der Waals surface area contributed by atoms with Gasteiger partial charge in [0, 0.05) is 26.2 Å². The first-order valence-electron chi connectivity index (χ1n) is 9.75. The maximum absolute atomic E-state index is 13.0. The summed E-state index contributed by atoms with van der Waals surface area (Å²) in [7, 11) is -2.26. The summed E-state index contributed by atoms with van der Waals surface area (Å²) in [6.45, 7) is 1.17. The number of methoxy groups -OCH3 is 1. The van der Waals surface area contributed by atoms with E-state index in [0.29, 0.717) is 30.2 Å². The Balaban J connectivity index is 1.52. The maximum atomic E-state index is 13.0. The van der Waals surface area contributed by atoms with Crippen LogP contribution in [0, 0.1) is 0 Å². The van der Waals surface area contributed by atoms with Crippen molar-refractivity contribution in [2.24, 2.45) is 0 Å². The number of ether oxygens (including phenoxy) is 1. The van der Waals surface area contributed by atoms with E-state index in [-0.39, 0.29) is 28.0 Å². The second-order valence-corrected chi connectivity index (χ2v) is 9.81. The van der Waals surface area contributed by atoms with Crippen LogP contribution < -0.4 is 15.2 Å². The van der Waals surface area contributed by atoms with E-state index >= 15 is 0 Å². The first kappa shape index (κ1) is 22.6. The number of hydrogen-bond donors (Lipinski definition) is 0. The van der Waals surface area contributed by atoms with Crippen molar-refractivity contribution in [3.8, 4) is 11.4 Å². The first-order chi connectivity index (χ1) is 15.3. The number of rotatable bonds is 5. The Morgan fingerprint density at radius 2 is 1.69 bits per heavy atom. The fourth-order valence-electron chi connectivity index (χ4n) is 3.52. The van der Waals surface area contributed by atoms with Gasteiger partial charge >= 0.3 is 0 Å². The van der Waals surface area contributed by atoms with Gasteiger partial charge in [0.05, 0.1) is 34.6 Å². The zero-order valence-corrected chi connectivity index (χ0v) is 19.4. The number of hydrogen-bond acceptors (Lipinski definition) is 6. The van der Waals surface area contributed by atoms with Gasteiger partial charge in [0.15, 0.2) is 0 Å². The number of benzene rings is 2. The van der Waals surface area contributed by atoms with Crippen molar-refractivity contribution in [1.82, 2.24) is 14.1 Å². The van der Waals surface area contributed by atoms with Crippen molar-refractivity contribution in [2.75, 3.05) is 38.2 Å². The molecule has 0 radical (unpaired) electrons. The molecule has 1 saturated heterocycles. The smallest absolute Gasteiger partial charge is 0.292 e. The van der Waals surface area contributed by atoms with E-state index in [9.17, 15) is 13.2 Å². The van der Waals surface area contributed by atoms with Gasteiger partial charge in [-0.2, -0.15) is 14.1 Å². The van der Waals surface area contributed by atoms with Crippen LogP contribution in [0.3, 0.4) is 0 Å². The van der Waals surface area contributed by atoms with E-state index in [1.165, 1.54) is 40.5 Å². The summed E-state index contributed by atoms with van der Waals surface area (Å²) in [5, 5.41) is 4.52. The third-order valence-electron chi connectivity index (χ3n) is 5.24. The topological polar surface area (TPSA) is 84.7 Å². The lowest BCUT2D eigenvalue weighted by atomic mass is 10.3. The number of nitrogens with zero attached hydrogens (tertiary/aromatic N) is 4. The second kappa shape index (κ2) is 9.11. The van der Waals surface area contributed by atoms with Gasteiger partial charge in [-0.15, -0.1) is 0 Å². The normalized spacial score (nSPS) is 15.0. The van der Waals surface area contributed by atoms with Crippen LogP contribution in [0.25, 0.3) is 5.69 Å². The summed E-state index contributed by atoms with van der Waals surface area (Å²) >= 11 is 12.5. The van der Waals surface area contributed by atoms with Crippen LogP contribution >= 0.6 is 23.2 Å². The lowest BCUT2D eigenvalue weighted by Gasteiger charge is -2.35. The zero-order chi connectivity index (χ0) is 22.9. The maximum Gasteiger partial charge on any atom is 0.292 e. The average molecular weight is 495 g/mol. The summed E-state index contributed by atoms with van der Waals surface area (Å²) in [6, 6.07) is 13.4. The SMILES string of the molecule is COc1ccc(S(=O)(=O)N2CCN(c3cnn(-c4ccccc4)c(=O)c3Cl)CC2)cc1Cl. The molecule has 0 saturated carbocycles. The van der Waals surface area contributed by atoms with Crippen molar-refractivity contribution >= 4 is 38.9 Å². The lowest BCUT2D eigenvalue weighted by Crippen LogP contribution is -2.49. The summed E-state index contributed by atoms with van der Waals surface area (Å²) < 4.78 is 33.7. The van der Waals surface area contributed by atoms with E-state index in [0.717, 1.165) is 0 Å². The number of piperazine rings is 1. The van der Waals surface area contributed by atoms with Crippen molar-refractivity contribution in [2.45, 2.75) is 4.90 Å². The highest BCUT2D eigenvalue weighted by atomic mass is 35.5. The molecule has 32 heavy (non-hydrogen) atoms. The Morgan fingerprint density at radius 1 is 1.00 bits per heavy atom. The summed E-state index contributed by atoms with van der Waals surface area (Å²) in [5.41, 5.74) is 0.659. The summed E-state index contributed by atoms with van der Waals surface area (Å²) in [6.07, 6.45) is 1.53. The molecule has 0 amide bonds. The van der Waals surface area contributed by atoms with E-state index in [1.54, 1.807) is 24.3 Å². The van der Waals surface area contributed by atoms with Gasteiger partial charge in [0.1, 0.15) is 10.8 Å². The van der Waals surface area contributed by atoms with Gasteiger partial charge < -0.3 is 9.64 Å². The van der Waals surface area contributed by atoms with Crippen LogP contribution in [0.1, 0.15) is 0 Å². The van der Waals surface area contributed by atoms with E-state index in [1.807, 2.05) is 11.0 Å². The van der Waals surface area contributed by atoms with Crippen molar-refractivity contribution in [3.05, 3.63) is 75.1 Å². The molecule has 1 aromatic heterocycles. The minimum absolute atomic E-state index is 0.0436. The summed E-state index contributed by atoms with van der Waals surface area (Å²) in [4.78, 5) is 14.7. The molecule has 1 aliphatic heterocycles. The van der Waals surface area contributed by atoms with E-state index in [4.69, 9.17) is 27.9 Å². The highest BCUT2D eigenvalue weighted by molar-refractivity contribution is 7.89. The largest absolute Gasteiger partial charge is 0.495 e. The first-order valence-corrected chi connectivity index (χ1v) is 11.9. The summed E-state index contributed by atoms with van der Waals surface area (Å²) in [5.74, 6) is 0.405. The van der Waals surface area contributed by atoms with E-state index in [2.05, 4.69) is 5.10 Å². The molecule has 8 nitrogen and oxygen atoms in total. The highest BCUT2D eigenvalue weighted by Crippen LogP contribution is 2.29. The van der Waals surface area contributed by atoms with Crippen LogP contribution in [-0.2, 0) is 10.0 Å². The Morgan fingerprint density at radius 3 is 2.31 bits per heavy atom. The quantitative estimate of drug-likeness (QED) is 0.541. The number of halogens is 2. The molecule has 0 aliphatic carbocycles. The zero-order valence-electron chi connectivity index (χ0n) is 17.1. The molecular weight excluding hydrogens is 475 g/mol. The standard InChI is InChI=1S/C21H20Cl2N4O4S/c1-31-19-8-7-16(13-17(19)22)32(29,30)26-11-9-25(10-12-26)18-14-24-27(21(28)20(18)23)15-5-3-2-4-6-15/h2-8,13-14H,9-12H2,1H3. The monoisotopic (exact) mass is 494 g/mol. The van der Waals surface area contributed by atoms with Crippen LogP contribution in [0.4, 0.5) is 5.69 Å². The Bertz CT molecular complexity index is 1290. The molecule has 3 aromatic rings. The molecule has 0 atom stereocenters. The molecule has 11 heteroatoms. The minimum atomic E-state index is -3.72. The Labute approximate surface area is 195 Å². The Hall–Kier alpha value is -2.59. The molecule has 168 valence electrons. The molecule has 1 fully saturated rings. The predicted octanol–water partition coefficient (Wildman–Crippen LogP) is 3.06. The highest BCUT2D eigenvalue weighted by Gasteiger charge is 2.30. The molecule has 4 rings (SSSR count). The molecule has 0 unspecified atom stereocenters. The number of aromatic nitrogens is 2.